The van der Waals surface area contributed by atoms with Gasteiger partial charge in [0.25, 0.3) is 0 Å². The minimum Gasteiger partial charge on any atom is -0.465 e. The maximum Gasteiger partial charge on any atom is 0.348 e. The highest BCUT2D eigenvalue weighted by Gasteiger charge is 2.10. The van der Waals surface area contributed by atoms with E-state index in [0.717, 1.165) is 0 Å². The summed E-state index contributed by atoms with van der Waals surface area (Å²) in [5.74, 6) is -1.24. The van der Waals surface area contributed by atoms with Gasteiger partial charge in [0, 0.05) is 11.3 Å². The van der Waals surface area contributed by atoms with Gasteiger partial charge in [0.2, 0.25) is 6.41 Å². The van der Waals surface area contributed by atoms with Gasteiger partial charge in [0.15, 0.2) is 0 Å². The van der Waals surface area contributed by atoms with Crippen molar-refractivity contribution in [2.75, 3.05) is 25.2 Å². The van der Waals surface area contributed by atoms with Gasteiger partial charge in [-0.05, 0) is 30.7 Å². The lowest BCUT2D eigenvalue weighted by Gasteiger charge is -2.17. The van der Waals surface area contributed by atoms with Crippen LogP contribution in [0.3, 0.4) is 0 Å². The van der Waals surface area contributed by atoms with E-state index in [4.69, 9.17) is 10.00 Å². The second kappa shape index (κ2) is 9.67. The molecule has 0 aromatic heterocycles. The van der Waals surface area contributed by atoms with Crippen LogP contribution in [0.2, 0.25) is 0 Å². The van der Waals surface area contributed by atoms with Gasteiger partial charge in [-0.2, -0.15) is 5.26 Å². The highest BCUT2D eigenvalue weighted by Crippen LogP contribution is 2.16. The van der Waals surface area contributed by atoms with Gasteiger partial charge in [-0.15, -0.1) is 0 Å². The first-order chi connectivity index (χ1) is 11.9. The molecule has 7 nitrogen and oxygen atoms in total. The number of benzene rings is 1. The lowest BCUT2D eigenvalue weighted by molar-refractivity contribution is -0.139. The summed E-state index contributed by atoms with van der Waals surface area (Å²) in [6, 6.07) is 8.34. The van der Waals surface area contributed by atoms with Crippen LogP contribution in [0, 0.1) is 11.3 Å². The van der Waals surface area contributed by atoms with Crippen LogP contribution in [0.1, 0.15) is 12.5 Å². The van der Waals surface area contributed by atoms with Gasteiger partial charge in [-0.3, -0.25) is 4.79 Å². The second-order valence-corrected chi connectivity index (χ2v) is 4.97. The monoisotopic (exact) mass is 342 g/mol. The number of ether oxygens (including phenoxy) is 2. The number of rotatable bonds is 8. The van der Waals surface area contributed by atoms with E-state index in [2.05, 4.69) is 11.3 Å². The SMILES string of the molecule is C=C(C)C(=O)OCCN(C=O)c1ccc(/C=C(\C#N)C(=O)OC)cc1. The number of methoxy groups -OCH3 is 1. The number of anilines is 1. The Morgan fingerprint density at radius 1 is 1.28 bits per heavy atom. The number of hydrogen-bond donors (Lipinski definition) is 0. The van der Waals surface area contributed by atoms with Crippen LogP contribution < -0.4 is 4.90 Å². The van der Waals surface area contributed by atoms with Crippen molar-refractivity contribution < 1.29 is 23.9 Å². The van der Waals surface area contributed by atoms with Crippen molar-refractivity contribution in [3.05, 3.63) is 47.6 Å². The fourth-order valence-corrected chi connectivity index (χ4v) is 1.78. The summed E-state index contributed by atoms with van der Waals surface area (Å²) >= 11 is 0. The Morgan fingerprint density at radius 2 is 1.92 bits per heavy atom. The maximum absolute atomic E-state index is 11.4. The third kappa shape index (κ3) is 5.95. The Morgan fingerprint density at radius 3 is 2.40 bits per heavy atom. The molecule has 0 radical (unpaired) electrons. The predicted molar refractivity (Wildman–Crippen MR) is 91.2 cm³/mol. The molecule has 25 heavy (non-hydrogen) atoms. The molecule has 1 rings (SSSR count). The molecule has 7 heteroatoms. The zero-order valence-corrected chi connectivity index (χ0v) is 14.0. The Balaban J connectivity index is 2.79. The normalized spacial score (nSPS) is 10.4. The molecule has 0 saturated carbocycles. The fourth-order valence-electron chi connectivity index (χ4n) is 1.78. The van der Waals surface area contributed by atoms with Crippen LogP contribution in [-0.2, 0) is 23.9 Å². The van der Waals surface area contributed by atoms with Crippen molar-refractivity contribution in [2.24, 2.45) is 0 Å². The Hall–Kier alpha value is -3.40. The number of carbonyl (C=O) groups is 3. The lowest BCUT2D eigenvalue weighted by Crippen LogP contribution is -2.26. The predicted octanol–water partition coefficient (Wildman–Crippen LogP) is 1.85. The molecule has 0 fully saturated rings. The van der Waals surface area contributed by atoms with E-state index in [1.165, 1.54) is 25.0 Å². The molecule has 1 aromatic rings. The average molecular weight is 342 g/mol. The van der Waals surface area contributed by atoms with E-state index in [9.17, 15) is 14.4 Å². The lowest BCUT2D eigenvalue weighted by atomic mass is 10.1. The molecular weight excluding hydrogens is 324 g/mol. The number of esters is 2. The van der Waals surface area contributed by atoms with Crippen LogP contribution >= 0.6 is 0 Å². The first-order valence-corrected chi connectivity index (χ1v) is 7.27. The molecule has 0 aliphatic carbocycles. The largest absolute Gasteiger partial charge is 0.465 e. The highest BCUT2D eigenvalue weighted by atomic mass is 16.5. The van der Waals surface area contributed by atoms with Gasteiger partial charge < -0.3 is 14.4 Å². The fraction of sp³-hybridized carbons (Fsp3) is 0.222. The van der Waals surface area contributed by atoms with Crippen molar-refractivity contribution in [3.8, 4) is 6.07 Å². The van der Waals surface area contributed by atoms with E-state index in [-0.39, 0.29) is 24.3 Å². The van der Waals surface area contributed by atoms with Gasteiger partial charge in [0.1, 0.15) is 18.2 Å². The molecule has 1 amide bonds. The van der Waals surface area contributed by atoms with Gasteiger partial charge >= 0.3 is 11.9 Å². The van der Waals surface area contributed by atoms with E-state index in [0.29, 0.717) is 17.7 Å². The molecule has 0 aliphatic heterocycles. The van der Waals surface area contributed by atoms with Crippen LogP contribution in [-0.4, -0.2) is 38.6 Å². The topological polar surface area (TPSA) is 96.7 Å². The number of hydrogen-bond acceptors (Lipinski definition) is 6. The van der Waals surface area contributed by atoms with Crippen LogP contribution in [0.5, 0.6) is 0 Å². The van der Waals surface area contributed by atoms with Crippen molar-refractivity contribution >= 4 is 30.1 Å². The molecule has 0 unspecified atom stereocenters. The highest BCUT2D eigenvalue weighted by molar-refractivity contribution is 5.97. The van der Waals surface area contributed by atoms with Crippen LogP contribution in [0.15, 0.2) is 42.0 Å². The first-order valence-electron chi connectivity index (χ1n) is 7.27. The third-order valence-corrected chi connectivity index (χ3v) is 3.10. The standard InChI is InChI=1S/C18H18N2O5/c1-13(2)17(22)25-9-8-20(12-21)16-6-4-14(5-7-16)10-15(11-19)18(23)24-3/h4-7,10,12H,1,8-9H2,2-3H3/b15-10+. The molecule has 0 heterocycles. The number of nitriles is 1. The van der Waals surface area contributed by atoms with E-state index < -0.39 is 11.9 Å². The van der Waals surface area contributed by atoms with Crippen molar-refractivity contribution in [2.45, 2.75) is 6.92 Å². The number of nitrogens with zero attached hydrogens (tertiary/aromatic N) is 2. The molecular formula is C18H18N2O5. The van der Waals surface area contributed by atoms with Gasteiger partial charge in [-0.1, -0.05) is 18.7 Å². The maximum atomic E-state index is 11.4. The summed E-state index contributed by atoms with van der Waals surface area (Å²) in [5, 5.41) is 8.93. The number of amides is 1. The van der Waals surface area contributed by atoms with E-state index >= 15 is 0 Å². The van der Waals surface area contributed by atoms with Crippen molar-refractivity contribution in [1.82, 2.24) is 0 Å². The quantitative estimate of drug-likeness (QED) is 0.309. The molecule has 0 spiro atoms. The number of carbonyl (C=O) groups excluding carboxylic acids is 3. The minimum absolute atomic E-state index is 0.0347. The minimum atomic E-state index is -0.722. The summed E-state index contributed by atoms with van der Waals surface area (Å²) in [6.45, 7) is 5.23. The van der Waals surface area contributed by atoms with Crippen LogP contribution in [0.25, 0.3) is 6.08 Å². The summed E-state index contributed by atoms with van der Waals surface area (Å²) in [7, 11) is 1.19. The molecule has 0 N–H and O–H groups in total. The smallest absolute Gasteiger partial charge is 0.348 e. The summed E-state index contributed by atoms with van der Waals surface area (Å²) in [4.78, 5) is 35.3. The molecule has 0 aliphatic rings. The van der Waals surface area contributed by atoms with Crippen molar-refractivity contribution in [3.63, 3.8) is 0 Å². The van der Waals surface area contributed by atoms with E-state index in [1.807, 2.05) is 0 Å². The third-order valence-electron chi connectivity index (χ3n) is 3.10. The second-order valence-electron chi connectivity index (χ2n) is 4.97. The van der Waals surface area contributed by atoms with Gasteiger partial charge in [-0.25, -0.2) is 9.59 Å². The van der Waals surface area contributed by atoms with Crippen molar-refractivity contribution in [1.29, 1.82) is 5.26 Å². The molecule has 0 atom stereocenters. The van der Waals surface area contributed by atoms with Crippen LogP contribution in [0.4, 0.5) is 5.69 Å². The Kier molecular flexibility index (Phi) is 7.60. The zero-order chi connectivity index (χ0) is 18.8. The summed E-state index contributed by atoms with van der Waals surface area (Å²) in [5.41, 5.74) is 1.34. The van der Waals surface area contributed by atoms with E-state index in [1.54, 1.807) is 30.3 Å². The average Bonchev–Trinajstić information content (AvgIpc) is 2.63. The molecule has 130 valence electrons. The Bertz CT molecular complexity index is 729. The molecule has 0 saturated heterocycles. The Labute approximate surface area is 145 Å². The van der Waals surface area contributed by atoms with Gasteiger partial charge in [0.05, 0.1) is 13.7 Å². The summed E-state index contributed by atoms with van der Waals surface area (Å²) < 4.78 is 9.45. The first kappa shape index (κ1) is 19.6. The molecule has 1 aromatic carbocycles. The summed E-state index contributed by atoms with van der Waals surface area (Å²) in [6.07, 6.45) is 2.00. The molecule has 0 bridgehead atoms. The zero-order valence-electron chi connectivity index (χ0n) is 14.0.